The first-order valence-corrected chi connectivity index (χ1v) is 1.73. The van der Waals surface area contributed by atoms with Crippen LogP contribution in [0.3, 0.4) is 0 Å². The lowest BCUT2D eigenvalue weighted by atomic mass is 10.3. The molecule has 0 aromatic carbocycles. The van der Waals surface area contributed by atoms with Crippen LogP contribution in [0.4, 0.5) is 0 Å². The van der Waals surface area contributed by atoms with Gasteiger partial charge >= 0.3 is 23.1 Å². The molecule has 1 heteroatoms. The summed E-state index contributed by atoms with van der Waals surface area (Å²) in [6, 6.07) is 0. The van der Waals surface area contributed by atoms with Crippen LogP contribution in [0.15, 0.2) is 0 Å². The van der Waals surface area contributed by atoms with Gasteiger partial charge in [-0.25, -0.2) is 0 Å². The van der Waals surface area contributed by atoms with Crippen molar-refractivity contribution in [2.24, 2.45) is 5.92 Å². The van der Waals surface area contributed by atoms with Gasteiger partial charge in [0.25, 0.3) is 0 Å². The van der Waals surface area contributed by atoms with Crippen LogP contribution in [0.5, 0.6) is 0 Å². The summed E-state index contributed by atoms with van der Waals surface area (Å²) in [7, 11) is 0. The summed E-state index contributed by atoms with van der Waals surface area (Å²) >= 11 is 0. The molecule has 0 radical (unpaired) electrons. The molecule has 0 N–H and O–H groups in total. The quantitative estimate of drug-likeness (QED) is 0.380. The van der Waals surface area contributed by atoms with Gasteiger partial charge in [-0.15, -0.1) is 0 Å². The minimum atomic E-state index is 0. The minimum Gasteiger partial charge on any atom is -0.0630 e. The van der Waals surface area contributed by atoms with Crippen molar-refractivity contribution >= 4 is 23.1 Å². The molecule has 0 aromatic heterocycles. The summed E-state index contributed by atoms with van der Waals surface area (Å²) in [5, 5.41) is 0. The Morgan fingerprint density at radius 2 is 1.00 bits per heavy atom. The molecular formula is C4H12Mg. The van der Waals surface area contributed by atoms with E-state index < -0.39 is 0 Å². The van der Waals surface area contributed by atoms with Crippen LogP contribution in [0, 0.1) is 5.92 Å². The van der Waals surface area contributed by atoms with Gasteiger partial charge in [0, 0.05) is 0 Å². The maximum absolute atomic E-state index is 2.17. The lowest BCUT2D eigenvalue weighted by Gasteiger charge is -1.79. The third-order valence-electron chi connectivity index (χ3n) is 0. The van der Waals surface area contributed by atoms with Gasteiger partial charge in [0.2, 0.25) is 0 Å². The molecule has 0 fully saturated rings. The van der Waals surface area contributed by atoms with Crippen molar-refractivity contribution in [3.8, 4) is 0 Å². The average molecular weight is 84.4 g/mol. The molecule has 0 aliphatic rings. The fraction of sp³-hybridized carbons (Fsp3) is 1.00. The Labute approximate surface area is 50.1 Å². The molecular weight excluding hydrogens is 72.3 g/mol. The Hall–Kier alpha value is 0.766. The first-order chi connectivity index (χ1) is 1.73. The smallest absolute Gasteiger partial charge is 0.0630 e. The molecule has 0 heterocycles. The molecule has 0 aromatic rings. The Morgan fingerprint density at radius 3 is 1.00 bits per heavy atom. The predicted molar refractivity (Wildman–Crippen MR) is 29.1 cm³/mol. The minimum absolute atomic E-state index is 0. The van der Waals surface area contributed by atoms with Crippen molar-refractivity contribution in [2.45, 2.75) is 20.8 Å². The lowest BCUT2D eigenvalue weighted by Crippen LogP contribution is -1.66. The molecule has 0 atom stereocenters. The highest BCUT2D eigenvalue weighted by Crippen LogP contribution is 1.81. The largest absolute Gasteiger partial charge is 0.316 e. The highest BCUT2D eigenvalue weighted by atomic mass is 24.3. The molecule has 0 aliphatic carbocycles. The van der Waals surface area contributed by atoms with E-state index in [4.69, 9.17) is 0 Å². The highest BCUT2D eigenvalue weighted by molar-refractivity contribution is 5.75. The molecule has 30 valence electrons. The van der Waals surface area contributed by atoms with Crippen LogP contribution in [-0.2, 0) is 0 Å². The van der Waals surface area contributed by atoms with Crippen LogP contribution in [-0.4, -0.2) is 23.1 Å². The van der Waals surface area contributed by atoms with E-state index in [0.717, 1.165) is 5.92 Å². The normalized spacial score (nSPS) is 7.20. The summed E-state index contributed by atoms with van der Waals surface area (Å²) in [5.74, 6) is 0.833. The molecule has 0 amide bonds. The zero-order valence-electron chi connectivity index (χ0n) is 3.58. The zero-order chi connectivity index (χ0) is 3.58. The molecule has 0 saturated carbocycles. The standard InChI is InChI=1S/C4H10.Mg.2H/c1-4(2)3;;;/h4H,1-3H3;;;. The van der Waals surface area contributed by atoms with Crippen LogP contribution < -0.4 is 0 Å². The molecule has 0 spiro atoms. The highest BCUT2D eigenvalue weighted by Gasteiger charge is 1.68. The van der Waals surface area contributed by atoms with Crippen LogP contribution in [0.25, 0.3) is 0 Å². The molecule has 0 nitrogen and oxygen atoms in total. The summed E-state index contributed by atoms with van der Waals surface area (Å²) in [4.78, 5) is 0. The Morgan fingerprint density at radius 1 is 1.00 bits per heavy atom. The van der Waals surface area contributed by atoms with Crippen molar-refractivity contribution in [1.29, 1.82) is 0 Å². The molecule has 0 saturated heterocycles. The third kappa shape index (κ3) is 62.1. The second-order valence-electron chi connectivity index (χ2n) is 1.73. The van der Waals surface area contributed by atoms with E-state index in [-0.39, 0.29) is 23.1 Å². The van der Waals surface area contributed by atoms with Crippen molar-refractivity contribution in [2.75, 3.05) is 0 Å². The summed E-state index contributed by atoms with van der Waals surface area (Å²) < 4.78 is 0. The van der Waals surface area contributed by atoms with Gasteiger partial charge in [-0.05, 0) is 5.92 Å². The predicted octanol–water partition coefficient (Wildman–Crippen LogP) is 0.746. The summed E-state index contributed by atoms with van der Waals surface area (Å²) in [6.45, 7) is 6.50. The third-order valence-corrected chi connectivity index (χ3v) is 0. The van der Waals surface area contributed by atoms with Gasteiger partial charge in [0.1, 0.15) is 0 Å². The molecule has 0 rings (SSSR count). The topological polar surface area (TPSA) is 0 Å². The fourth-order valence-corrected chi connectivity index (χ4v) is 0. The summed E-state index contributed by atoms with van der Waals surface area (Å²) in [5.41, 5.74) is 0. The van der Waals surface area contributed by atoms with Crippen molar-refractivity contribution in [1.82, 2.24) is 0 Å². The van der Waals surface area contributed by atoms with Crippen LogP contribution in [0.2, 0.25) is 0 Å². The van der Waals surface area contributed by atoms with E-state index in [9.17, 15) is 0 Å². The van der Waals surface area contributed by atoms with Crippen molar-refractivity contribution in [3.63, 3.8) is 0 Å². The van der Waals surface area contributed by atoms with E-state index in [1.807, 2.05) is 0 Å². The molecule has 5 heavy (non-hydrogen) atoms. The lowest BCUT2D eigenvalue weighted by molar-refractivity contribution is 0.737. The van der Waals surface area contributed by atoms with Gasteiger partial charge in [-0.2, -0.15) is 0 Å². The number of hydrogen-bond donors (Lipinski definition) is 0. The van der Waals surface area contributed by atoms with Crippen molar-refractivity contribution in [3.05, 3.63) is 0 Å². The van der Waals surface area contributed by atoms with Gasteiger partial charge in [0.05, 0.1) is 0 Å². The Bertz CT molecular complexity index is 8.36. The van der Waals surface area contributed by atoms with E-state index in [1.54, 1.807) is 0 Å². The summed E-state index contributed by atoms with van der Waals surface area (Å²) in [6.07, 6.45) is 0. The molecule has 0 aliphatic heterocycles. The van der Waals surface area contributed by atoms with Gasteiger partial charge < -0.3 is 0 Å². The van der Waals surface area contributed by atoms with E-state index in [0.29, 0.717) is 0 Å². The van der Waals surface area contributed by atoms with Gasteiger partial charge in [-0.3, -0.25) is 0 Å². The first kappa shape index (κ1) is 9.23. The second-order valence-corrected chi connectivity index (χ2v) is 1.73. The van der Waals surface area contributed by atoms with Crippen LogP contribution >= 0.6 is 0 Å². The van der Waals surface area contributed by atoms with E-state index >= 15 is 0 Å². The SMILES string of the molecule is CC(C)C.[MgH2]. The monoisotopic (exact) mass is 84.1 g/mol. The molecule has 0 unspecified atom stereocenters. The maximum Gasteiger partial charge on any atom is 0.316 e. The number of rotatable bonds is 0. The fourth-order valence-electron chi connectivity index (χ4n) is 0. The second kappa shape index (κ2) is 4.77. The van der Waals surface area contributed by atoms with Crippen molar-refractivity contribution < 1.29 is 0 Å². The number of hydrogen-bond acceptors (Lipinski definition) is 0. The van der Waals surface area contributed by atoms with Gasteiger partial charge in [0.15, 0.2) is 0 Å². The van der Waals surface area contributed by atoms with E-state index in [2.05, 4.69) is 20.8 Å². The first-order valence-electron chi connectivity index (χ1n) is 1.73. The van der Waals surface area contributed by atoms with Gasteiger partial charge in [-0.1, -0.05) is 20.8 Å². The zero-order valence-corrected chi connectivity index (χ0v) is 3.58. The van der Waals surface area contributed by atoms with E-state index in [1.165, 1.54) is 0 Å². The Balaban J connectivity index is 0. The van der Waals surface area contributed by atoms with Crippen LogP contribution in [0.1, 0.15) is 20.8 Å². The Kier molecular flexibility index (Phi) is 8.80. The average Bonchev–Trinajstić information content (AvgIpc) is 0.811. The maximum atomic E-state index is 2.17. The molecule has 0 bridgehead atoms.